The van der Waals surface area contributed by atoms with Gasteiger partial charge in [-0.1, -0.05) is 28.1 Å². The van der Waals surface area contributed by atoms with Gasteiger partial charge in [0.2, 0.25) is 0 Å². The zero-order chi connectivity index (χ0) is 13.7. The lowest BCUT2D eigenvalue weighted by Crippen LogP contribution is -2.69. The largest absolute Gasteiger partial charge is 0.316 e. The molecular formula is C16H22BrN3. The Hall–Kier alpha value is -0.420. The number of hydrogen-bond acceptors (Lipinski definition) is 3. The highest BCUT2D eigenvalue weighted by molar-refractivity contribution is 9.10. The number of rotatable bonds is 2. The van der Waals surface area contributed by atoms with Crippen LogP contribution in [-0.2, 0) is 5.41 Å². The molecule has 3 atom stereocenters. The lowest BCUT2D eigenvalue weighted by Gasteiger charge is -2.55. The molecule has 0 saturated carbocycles. The van der Waals surface area contributed by atoms with Crippen LogP contribution in [0.5, 0.6) is 0 Å². The molecule has 1 aromatic rings. The maximum atomic E-state index is 3.66. The Kier molecular flexibility index (Phi) is 3.18. The molecule has 4 saturated heterocycles. The first kappa shape index (κ1) is 13.3. The summed E-state index contributed by atoms with van der Waals surface area (Å²) in [5.41, 5.74) is 1.74. The van der Waals surface area contributed by atoms with Crippen LogP contribution >= 0.6 is 15.9 Å². The molecule has 4 aliphatic heterocycles. The molecule has 4 bridgehead atoms. The molecule has 0 aromatic heterocycles. The van der Waals surface area contributed by atoms with Gasteiger partial charge in [0.1, 0.15) is 0 Å². The molecule has 5 rings (SSSR count). The summed E-state index contributed by atoms with van der Waals surface area (Å²) in [4.78, 5) is 5.37. The fraction of sp³-hybridized carbons (Fsp3) is 0.625. The minimum atomic E-state index is 0.246. The van der Waals surface area contributed by atoms with Crippen LogP contribution < -0.4 is 5.32 Å². The van der Waals surface area contributed by atoms with Crippen molar-refractivity contribution in [3.8, 4) is 0 Å². The fourth-order valence-electron chi connectivity index (χ4n) is 4.85. The van der Waals surface area contributed by atoms with Crippen LogP contribution in [0.3, 0.4) is 0 Å². The van der Waals surface area contributed by atoms with E-state index in [0.29, 0.717) is 6.04 Å². The molecule has 108 valence electrons. The number of piperidine rings is 2. The van der Waals surface area contributed by atoms with E-state index in [4.69, 9.17) is 0 Å². The third-order valence-electron chi connectivity index (χ3n) is 5.51. The topological polar surface area (TPSA) is 18.5 Å². The smallest absolute Gasteiger partial charge is 0.0364 e. The normalized spacial score (nSPS) is 42.7. The Balaban J connectivity index is 1.84. The predicted molar refractivity (Wildman–Crippen MR) is 85.0 cm³/mol. The molecule has 4 aliphatic rings. The first-order valence-corrected chi connectivity index (χ1v) is 8.39. The monoisotopic (exact) mass is 335 g/mol. The first-order valence-electron chi connectivity index (χ1n) is 7.59. The lowest BCUT2D eigenvalue weighted by molar-refractivity contribution is 0.0216. The van der Waals surface area contributed by atoms with E-state index in [0.717, 1.165) is 5.92 Å². The Bertz CT molecular complexity index is 502. The van der Waals surface area contributed by atoms with Crippen molar-refractivity contribution >= 4 is 15.9 Å². The Labute approximate surface area is 129 Å². The highest BCUT2D eigenvalue weighted by Crippen LogP contribution is 2.43. The molecule has 4 heteroatoms. The number of nitrogens with one attached hydrogen (secondary N) is 1. The number of nitrogens with zero attached hydrogens (tertiary/aromatic N) is 2. The maximum Gasteiger partial charge on any atom is 0.0364 e. The molecule has 4 heterocycles. The van der Waals surface area contributed by atoms with Gasteiger partial charge in [-0.25, -0.2) is 0 Å². The predicted octanol–water partition coefficient (Wildman–Crippen LogP) is 1.54. The lowest BCUT2D eigenvalue weighted by atomic mass is 9.64. The second kappa shape index (κ2) is 4.80. The van der Waals surface area contributed by atoms with Crippen molar-refractivity contribution in [3.05, 3.63) is 34.3 Å². The van der Waals surface area contributed by atoms with Gasteiger partial charge >= 0.3 is 0 Å². The van der Waals surface area contributed by atoms with Crippen LogP contribution in [0.4, 0.5) is 0 Å². The number of benzene rings is 1. The maximum absolute atomic E-state index is 3.66. The van der Waals surface area contributed by atoms with E-state index in [1.165, 1.54) is 49.3 Å². The fourth-order valence-corrected chi connectivity index (χ4v) is 5.25. The number of likely N-dealkylation sites (N-methyl/N-ethyl adjacent to an activating group) is 1. The second-order valence-electron chi connectivity index (χ2n) is 6.66. The number of fused-ring (bicyclic) bond motifs is 1. The number of hydrogen-bond donors (Lipinski definition) is 1. The second-order valence-corrected chi connectivity index (χ2v) is 7.58. The molecule has 4 fully saturated rings. The van der Waals surface area contributed by atoms with Gasteiger partial charge in [-0.2, -0.15) is 0 Å². The van der Waals surface area contributed by atoms with E-state index in [9.17, 15) is 0 Å². The van der Waals surface area contributed by atoms with Crippen LogP contribution in [0, 0.1) is 5.92 Å². The zero-order valence-electron chi connectivity index (χ0n) is 12.0. The van der Waals surface area contributed by atoms with E-state index in [2.05, 4.69) is 62.4 Å². The van der Waals surface area contributed by atoms with Crippen LogP contribution in [-0.4, -0.2) is 62.2 Å². The summed E-state index contributed by atoms with van der Waals surface area (Å²) in [6.07, 6.45) is 0. The molecule has 0 radical (unpaired) electrons. The van der Waals surface area contributed by atoms with E-state index >= 15 is 0 Å². The third-order valence-corrected chi connectivity index (χ3v) is 6.00. The summed E-state index contributed by atoms with van der Waals surface area (Å²) in [5.74, 6) is 0.754. The highest BCUT2D eigenvalue weighted by atomic mass is 79.9. The van der Waals surface area contributed by atoms with Gasteiger partial charge in [-0.3, -0.25) is 0 Å². The van der Waals surface area contributed by atoms with E-state index in [1.54, 1.807) is 0 Å². The van der Waals surface area contributed by atoms with Gasteiger partial charge < -0.3 is 15.1 Å². The molecule has 3 nitrogen and oxygen atoms in total. The zero-order valence-corrected chi connectivity index (χ0v) is 13.6. The van der Waals surface area contributed by atoms with Crippen molar-refractivity contribution in [2.24, 2.45) is 5.92 Å². The summed E-state index contributed by atoms with van der Waals surface area (Å²) >= 11 is 3.66. The van der Waals surface area contributed by atoms with Crippen LogP contribution in [0.1, 0.15) is 5.56 Å². The van der Waals surface area contributed by atoms with Gasteiger partial charge in [0.05, 0.1) is 0 Å². The van der Waals surface area contributed by atoms with Crippen molar-refractivity contribution in [2.45, 2.75) is 11.5 Å². The Morgan fingerprint density at radius 3 is 2.50 bits per heavy atom. The van der Waals surface area contributed by atoms with Gasteiger partial charge in [-0.15, -0.1) is 0 Å². The summed E-state index contributed by atoms with van der Waals surface area (Å²) < 4.78 is 1.20. The first-order chi connectivity index (χ1) is 9.71. The van der Waals surface area contributed by atoms with Crippen LogP contribution in [0.25, 0.3) is 0 Å². The van der Waals surface area contributed by atoms with Crippen molar-refractivity contribution < 1.29 is 0 Å². The van der Waals surface area contributed by atoms with E-state index in [1.807, 2.05) is 0 Å². The summed E-state index contributed by atoms with van der Waals surface area (Å²) in [6.45, 7) is 7.39. The van der Waals surface area contributed by atoms with Gasteiger partial charge in [-0.05, 0) is 24.7 Å². The molecule has 0 aliphatic carbocycles. The average Bonchev–Trinajstić information content (AvgIpc) is 2.67. The summed E-state index contributed by atoms with van der Waals surface area (Å²) in [6, 6.07) is 9.57. The number of halogens is 1. The Morgan fingerprint density at radius 2 is 1.90 bits per heavy atom. The standard InChI is InChI=1S/C16H22BrN3/c1-18-15-12-8-19-5-6-20(9-12)11-16(15,10-19)13-3-2-4-14(17)7-13/h2-4,7,12,15,18H,5-6,8-11H2,1H3. The van der Waals surface area contributed by atoms with Crippen LogP contribution in [0.2, 0.25) is 0 Å². The van der Waals surface area contributed by atoms with Crippen molar-refractivity contribution in [3.63, 3.8) is 0 Å². The van der Waals surface area contributed by atoms with Crippen molar-refractivity contribution in [2.75, 3.05) is 46.3 Å². The summed E-state index contributed by atoms with van der Waals surface area (Å²) in [5, 5.41) is 3.66. The minimum Gasteiger partial charge on any atom is -0.316 e. The molecule has 20 heavy (non-hydrogen) atoms. The highest BCUT2D eigenvalue weighted by Gasteiger charge is 2.54. The minimum absolute atomic E-state index is 0.246. The Morgan fingerprint density at radius 1 is 1.20 bits per heavy atom. The SMILES string of the molecule is CNC1C2CN3CCN(C2)CC1(c1cccc(Br)c1)C3. The van der Waals surface area contributed by atoms with Crippen molar-refractivity contribution in [1.82, 2.24) is 15.1 Å². The molecular weight excluding hydrogens is 314 g/mol. The summed E-state index contributed by atoms with van der Waals surface area (Å²) in [7, 11) is 2.15. The molecule has 0 amide bonds. The van der Waals surface area contributed by atoms with Gasteiger partial charge in [0, 0.05) is 61.1 Å². The van der Waals surface area contributed by atoms with Gasteiger partial charge in [0.25, 0.3) is 0 Å². The molecule has 1 aromatic carbocycles. The molecule has 0 spiro atoms. The average molecular weight is 336 g/mol. The van der Waals surface area contributed by atoms with E-state index < -0.39 is 0 Å². The van der Waals surface area contributed by atoms with E-state index in [-0.39, 0.29) is 5.41 Å². The quantitative estimate of drug-likeness (QED) is 0.884. The molecule has 3 unspecified atom stereocenters. The van der Waals surface area contributed by atoms with Crippen LogP contribution in [0.15, 0.2) is 28.7 Å². The van der Waals surface area contributed by atoms with Gasteiger partial charge in [0.15, 0.2) is 0 Å². The van der Waals surface area contributed by atoms with Crippen molar-refractivity contribution in [1.29, 1.82) is 0 Å². The third kappa shape index (κ3) is 1.89. The molecule has 1 N–H and O–H groups in total.